The van der Waals surface area contributed by atoms with Crippen LogP contribution in [0.25, 0.3) is 5.69 Å². The number of piperidine rings is 1. The number of nitrogens with zero attached hydrogens (tertiary/aromatic N) is 5. The number of hydrogen-bond donors (Lipinski definition) is 1. The van der Waals surface area contributed by atoms with Crippen molar-refractivity contribution in [3.63, 3.8) is 0 Å². The summed E-state index contributed by atoms with van der Waals surface area (Å²) in [5, 5.41) is 12.7. The van der Waals surface area contributed by atoms with Gasteiger partial charge < -0.3 is 15.1 Å². The van der Waals surface area contributed by atoms with Crippen LogP contribution in [0.4, 0.5) is 17.3 Å². The molecule has 8 nitrogen and oxygen atoms in total. The zero-order valence-corrected chi connectivity index (χ0v) is 21.0. The zero-order chi connectivity index (χ0) is 24.4. The first-order valence-corrected chi connectivity index (χ1v) is 13.1. The molecule has 1 saturated heterocycles. The summed E-state index contributed by atoms with van der Waals surface area (Å²) in [7, 11) is 0. The van der Waals surface area contributed by atoms with Crippen LogP contribution >= 0.6 is 11.8 Å². The molecule has 0 aliphatic carbocycles. The van der Waals surface area contributed by atoms with E-state index in [0.29, 0.717) is 11.7 Å². The minimum Gasteiger partial charge on any atom is -0.341 e. The van der Waals surface area contributed by atoms with Crippen molar-refractivity contribution in [3.8, 4) is 5.69 Å². The van der Waals surface area contributed by atoms with Crippen LogP contribution in [-0.2, 0) is 16.0 Å². The number of hydrogen-bond acceptors (Lipinski definition) is 6. The van der Waals surface area contributed by atoms with E-state index in [1.165, 1.54) is 23.7 Å². The molecule has 1 N–H and O–H groups in total. The van der Waals surface area contributed by atoms with Gasteiger partial charge in [-0.3, -0.25) is 14.2 Å². The fraction of sp³-hybridized carbons (Fsp3) is 0.385. The standard InChI is InChI=1S/C26H30N6O2S/c1-18-6-9-22(10-7-18)32-25(30-13-4-3-5-14-30)28-29-26(32)35-17-24(34)27-21-8-11-23-20(16-21)12-15-31(23)19(2)33/h6-11,16H,3-5,12-15,17H2,1-2H3,(H,27,34). The molecule has 9 heteroatoms. The molecule has 0 saturated carbocycles. The van der Waals surface area contributed by atoms with Crippen molar-refractivity contribution in [2.75, 3.05) is 40.5 Å². The van der Waals surface area contributed by atoms with Crippen LogP contribution < -0.4 is 15.1 Å². The Hall–Kier alpha value is -3.33. The molecule has 5 rings (SSSR count). The van der Waals surface area contributed by atoms with Gasteiger partial charge in [0.05, 0.1) is 11.4 Å². The Morgan fingerprint density at radius 1 is 1.00 bits per heavy atom. The van der Waals surface area contributed by atoms with Crippen LogP contribution in [0.2, 0.25) is 0 Å². The average Bonchev–Trinajstić information content (AvgIpc) is 3.48. The Kier molecular flexibility index (Phi) is 6.77. The van der Waals surface area contributed by atoms with Crippen LogP contribution in [0.5, 0.6) is 0 Å². The van der Waals surface area contributed by atoms with Gasteiger partial charge in [-0.15, -0.1) is 10.2 Å². The molecule has 35 heavy (non-hydrogen) atoms. The second-order valence-electron chi connectivity index (χ2n) is 9.10. The minimum absolute atomic E-state index is 0.0403. The molecular formula is C26H30N6O2S. The third-order valence-corrected chi connectivity index (χ3v) is 7.45. The maximum atomic E-state index is 12.8. The number of benzene rings is 2. The summed E-state index contributed by atoms with van der Waals surface area (Å²) < 4.78 is 2.06. The number of carbonyl (C=O) groups is 2. The number of rotatable bonds is 6. The van der Waals surface area contributed by atoms with Crippen LogP contribution in [0.15, 0.2) is 47.6 Å². The zero-order valence-electron chi connectivity index (χ0n) is 20.2. The number of nitrogens with one attached hydrogen (secondary N) is 1. The summed E-state index contributed by atoms with van der Waals surface area (Å²) in [5.41, 5.74) is 4.94. The molecule has 0 unspecified atom stereocenters. The normalized spacial score (nSPS) is 15.3. The lowest BCUT2D eigenvalue weighted by Crippen LogP contribution is -2.31. The number of carbonyl (C=O) groups excluding carboxylic acids is 2. The molecule has 182 valence electrons. The van der Waals surface area contributed by atoms with Crippen LogP contribution in [0.3, 0.4) is 0 Å². The van der Waals surface area contributed by atoms with Crippen LogP contribution in [0, 0.1) is 6.92 Å². The van der Waals surface area contributed by atoms with E-state index in [-0.39, 0.29) is 17.6 Å². The first-order valence-electron chi connectivity index (χ1n) is 12.1. The van der Waals surface area contributed by atoms with Gasteiger partial charge in [-0.25, -0.2) is 0 Å². The van der Waals surface area contributed by atoms with Crippen molar-refractivity contribution in [1.82, 2.24) is 14.8 Å². The Balaban J connectivity index is 1.30. The third kappa shape index (κ3) is 5.05. The molecule has 2 aromatic carbocycles. The van der Waals surface area contributed by atoms with Gasteiger partial charge in [0.2, 0.25) is 17.8 Å². The Morgan fingerprint density at radius 2 is 1.77 bits per heavy atom. The van der Waals surface area contributed by atoms with Crippen molar-refractivity contribution in [2.45, 2.75) is 44.7 Å². The largest absolute Gasteiger partial charge is 0.341 e. The van der Waals surface area contributed by atoms with Gasteiger partial charge in [-0.05, 0) is 68.5 Å². The lowest BCUT2D eigenvalue weighted by molar-refractivity contribution is -0.116. The van der Waals surface area contributed by atoms with Crippen molar-refractivity contribution >= 4 is 40.9 Å². The maximum Gasteiger partial charge on any atom is 0.234 e. The smallest absolute Gasteiger partial charge is 0.234 e. The van der Waals surface area contributed by atoms with Crippen molar-refractivity contribution in [2.24, 2.45) is 0 Å². The minimum atomic E-state index is -0.102. The number of thioether (sulfide) groups is 1. The van der Waals surface area contributed by atoms with E-state index in [0.717, 1.165) is 60.9 Å². The lowest BCUT2D eigenvalue weighted by Gasteiger charge is -2.27. The fourth-order valence-electron chi connectivity index (χ4n) is 4.71. The average molecular weight is 491 g/mol. The summed E-state index contributed by atoms with van der Waals surface area (Å²) in [6, 6.07) is 14.0. The van der Waals surface area contributed by atoms with Gasteiger partial charge in [0.25, 0.3) is 0 Å². The molecule has 0 spiro atoms. The van der Waals surface area contributed by atoms with Gasteiger partial charge >= 0.3 is 0 Å². The van der Waals surface area contributed by atoms with E-state index in [4.69, 9.17) is 0 Å². The Morgan fingerprint density at radius 3 is 2.51 bits per heavy atom. The first kappa shape index (κ1) is 23.4. The SMILES string of the molecule is CC(=O)N1CCc2cc(NC(=O)CSc3nnc(N4CCCCC4)n3-c3ccc(C)cc3)ccc21. The summed E-state index contributed by atoms with van der Waals surface area (Å²) in [6.07, 6.45) is 4.34. The number of anilines is 3. The van der Waals surface area contributed by atoms with Crippen LogP contribution in [0.1, 0.15) is 37.3 Å². The van der Waals surface area contributed by atoms with Gasteiger partial charge in [-0.1, -0.05) is 29.5 Å². The highest BCUT2D eigenvalue weighted by atomic mass is 32.2. The maximum absolute atomic E-state index is 12.8. The molecule has 0 atom stereocenters. The molecule has 3 aromatic rings. The van der Waals surface area contributed by atoms with E-state index in [2.05, 4.69) is 56.2 Å². The number of fused-ring (bicyclic) bond motifs is 1. The van der Waals surface area contributed by atoms with E-state index in [1.54, 1.807) is 11.8 Å². The number of aryl methyl sites for hydroxylation is 1. The molecule has 0 bridgehead atoms. The Bertz CT molecular complexity index is 1230. The highest BCUT2D eigenvalue weighted by Crippen LogP contribution is 2.31. The highest BCUT2D eigenvalue weighted by Gasteiger charge is 2.24. The summed E-state index contributed by atoms with van der Waals surface area (Å²) in [4.78, 5) is 28.6. The van der Waals surface area contributed by atoms with Crippen molar-refractivity contribution in [1.29, 1.82) is 0 Å². The summed E-state index contributed by atoms with van der Waals surface area (Å²) in [5.74, 6) is 0.999. The van der Waals surface area contributed by atoms with Gasteiger partial charge in [0.1, 0.15) is 0 Å². The number of aromatic nitrogens is 3. The summed E-state index contributed by atoms with van der Waals surface area (Å²) in [6.45, 7) is 6.27. The monoisotopic (exact) mass is 490 g/mol. The fourth-order valence-corrected chi connectivity index (χ4v) is 5.46. The quantitative estimate of drug-likeness (QED) is 0.522. The van der Waals surface area contributed by atoms with Crippen LogP contribution in [-0.4, -0.2) is 52.0 Å². The van der Waals surface area contributed by atoms with E-state index >= 15 is 0 Å². The molecule has 2 aliphatic heterocycles. The van der Waals surface area contributed by atoms with E-state index in [1.807, 2.05) is 18.2 Å². The molecule has 1 aromatic heterocycles. The topological polar surface area (TPSA) is 83.4 Å². The molecular weight excluding hydrogens is 460 g/mol. The highest BCUT2D eigenvalue weighted by molar-refractivity contribution is 7.99. The predicted octanol–water partition coefficient (Wildman–Crippen LogP) is 4.21. The second kappa shape index (κ2) is 10.1. The predicted molar refractivity (Wildman–Crippen MR) is 140 cm³/mol. The van der Waals surface area contributed by atoms with E-state index in [9.17, 15) is 9.59 Å². The van der Waals surface area contributed by atoms with E-state index < -0.39 is 0 Å². The lowest BCUT2D eigenvalue weighted by atomic mass is 10.1. The first-order chi connectivity index (χ1) is 17.0. The second-order valence-corrected chi connectivity index (χ2v) is 10.0. The number of amides is 2. The molecule has 3 heterocycles. The van der Waals surface area contributed by atoms with Crippen molar-refractivity contribution < 1.29 is 9.59 Å². The Labute approximate surface area is 209 Å². The third-order valence-electron chi connectivity index (χ3n) is 6.52. The molecule has 1 fully saturated rings. The molecule has 2 aliphatic rings. The van der Waals surface area contributed by atoms with Gasteiger partial charge in [-0.2, -0.15) is 0 Å². The molecule has 0 radical (unpaired) electrons. The van der Waals surface area contributed by atoms with Crippen molar-refractivity contribution in [3.05, 3.63) is 53.6 Å². The molecule has 2 amide bonds. The van der Waals surface area contributed by atoms with Gasteiger partial charge in [0, 0.05) is 37.9 Å². The summed E-state index contributed by atoms with van der Waals surface area (Å²) >= 11 is 1.39. The van der Waals surface area contributed by atoms with Gasteiger partial charge in [0.15, 0.2) is 5.16 Å².